The number of nitrogens with zero attached hydrogens (tertiary/aromatic N) is 2. The summed E-state index contributed by atoms with van der Waals surface area (Å²) in [6.07, 6.45) is 0. The molecule has 0 saturated carbocycles. The first kappa shape index (κ1) is 36.5. The molecule has 2 heterocycles. The van der Waals surface area contributed by atoms with Gasteiger partial charge in [0.15, 0.2) is 0 Å². The van der Waals surface area contributed by atoms with Gasteiger partial charge in [0.2, 0.25) is 0 Å². The molecule has 3 nitrogen and oxygen atoms in total. The van der Waals surface area contributed by atoms with Crippen LogP contribution < -0.4 is 4.90 Å². The van der Waals surface area contributed by atoms with E-state index in [9.17, 15) is 0 Å². The molecular formula is C60H40N2O. The van der Waals surface area contributed by atoms with Gasteiger partial charge in [-0.3, -0.25) is 0 Å². The van der Waals surface area contributed by atoms with E-state index in [-0.39, 0.29) is 0 Å². The lowest BCUT2D eigenvalue weighted by molar-refractivity contribution is 0.671. The summed E-state index contributed by atoms with van der Waals surface area (Å²) in [6, 6.07) is 86.9. The number of hydrogen-bond donors (Lipinski definition) is 0. The van der Waals surface area contributed by atoms with Crippen LogP contribution >= 0.6 is 0 Å². The Morgan fingerprint density at radius 3 is 1.29 bits per heavy atom. The molecule has 12 aromatic rings. The topological polar surface area (TPSA) is 21.3 Å². The summed E-state index contributed by atoms with van der Waals surface area (Å²) >= 11 is 0. The zero-order valence-corrected chi connectivity index (χ0v) is 34.4. The van der Waals surface area contributed by atoms with Crippen LogP contribution in [0.3, 0.4) is 0 Å². The molecule has 10 aromatic carbocycles. The summed E-state index contributed by atoms with van der Waals surface area (Å²) in [4.78, 5) is 2.37. The Hall–Kier alpha value is -8.40. The second-order valence-electron chi connectivity index (χ2n) is 16.1. The van der Waals surface area contributed by atoms with Crippen LogP contribution in [0.5, 0.6) is 0 Å². The standard InChI is InChI=1S/C60H40N2O/c1-4-14-41(15-5-1)42-26-28-43(29-27-42)44-30-34-48(35-31-44)61(50-38-39-58-56(40-50)53-20-10-11-25-57(53)62(58)47-18-8-3-9-19-47)49-36-32-46(33-37-49)52-22-13-24-55-54-23-12-21-51(59(54)63-60(52)55)45-16-6-2-7-17-45/h1-40H. The third-order valence-electron chi connectivity index (χ3n) is 12.4. The molecule has 0 aliphatic rings. The summed E-state index contributed by atoms with van der Waals surface area (Å²) < 4.78 is 9.18. The second kappa shape index (κ2) is 15.3. The Bertz CT molecular complexity index is 3570. The average molecular weight is 805 g/mol. The molecule has 12 rings (SSSR count). The van der Waals surface area contributed by atoms with Crippen molar-refractivity contribution in [1.82, 2.24) is 4.57 Å². The number of rotatable bonds is 8. The Balaban J connectivity index is 0.967. The van der Waals surface area contributed by atoms with Crippen molar-refractivity contribution in [2.45, 2.75) is 0 Å². The monoisotopic (exact) mass is 804 g/mol. The molecule has 296 valence electrons. The minimum Gasteiger partial charge on any atom is -0.455 e. The van der Waals surface area contributed by atoms with E-state index >= 15 is 0 Å². The molecule has 0 amide bonds. The zero-order chi connectivity index (χ0) is 41.7. The molecule has 3 heteroatoms. The fourth-order valence-corrected chi connectivity index (χ4v) is 9.37. The van der Waals surface area contributed by atoms with E-state index in [2.05, 4.69) is 252 Å². The van der Waals surface area contributed by atoms with Crippen LogP contribution in [0.4, 0.5) is 17.1 Å². The van der Waals surface area contributed by atoms with E-state index in [4.69, 9.17) is 4.42 Å². The van der Waals surface area contributed by atoms with E-state index < -0.39 is 0 Å². The molecule has 0 fully saturated rings. The van der Waals surface area contributed by atoms with Gasteiger partial charge in [-0.15, -0.1) is 0 Å². The summed E-state index contributed by atoms with van der Waals surface area (Å²) in [5.41, 5.74) is 17.7. The van der Waals surface area contributed by atoms with Crippen molar-refractivity contribution in [3.8, 4) is 50.2 Å². The summed E-state index contributed by atoms with van der Waals surface area (Å²) in [5, 5.41) is 4.66. The predicted octanol–water partition coefficient (Wildman–Crippen LogP) is 16.8. The Kier molecular flexibility index (Phi) is 8.83. The summed E-state index contributed by atoms with van der Waals surface area (Å²) in [7, 11) is 0. The van der Waals surface area contributed by atoms with Gasteiger partial charge in [0.05, 0.1) is 11.0 Å². The Labute approximate surface area is 366 Å². The van der Waals surface area contributed by atoms with Crippen molar-refractivity contribution in [1.29, 1.82) is 0 Å². The highest BCUT2D eigenvalue weighted by molar-refractivity contribution is 6.13. The van der Waals surface area contributed by atoms with Gasteiger partial charge in [-0.1, -0.05) is 182 Å². The van der Waals surface area contributed by atoms with Crippen molar-refractivity contribution < 1.29 is 4.42 Å². The molecular weight excluding hydrogens is 765 g/mol. The third kappa shape index (κ3) is 6.38. The molecule has 63 heavy (non-hydrogen) atoms. The number of anilines is 3. The first-order valence-corrected chi connectivity index (χ1v) is 21.5. The van der Waals surface area contributed by atoms with Crippen LogP contribution in [-0.2, 0) is 0 Å². The lowest BCUT2D eigenvalue weighted by atomic mass is 9.99. The SMILES string of the molecule is c1ccc(-c2ccc(-c3ccc(N(c4ccc(-c5cccc6c5oc5c(-c7ccccc7)cccc56)cc4)c4ccc5c(c4)c4ccccc4n5-c4ccccc4)cc3)cc2)cc1. The molecule has 0 radical (unpaired) electrons. The van der Waals surface area contributed by atoms with E-state index in [0.29, 0.717) is 0 Å². The number of aromatic nitrogens is 1. The number of benzene rings is 10. The van der Waals surface area contributed by atoms with Crippen molar-refractivity contribution in [2.75, 3.05) is 4.90 Å². The molecule has 0 aliphatic carbocycles. The van der Waals surface area contributed by atoms with Crippen molar-refractivity contribution >= 4 is 60.8 Å². The molecule has 0 spiro atoms. The minimum atomic E-state index is 0.896. The van der Waals surface area contributed by atoms with Crippen LogP contribution in [0.15, 0.2) is 247 Å². The molecule has 0 aliphatic heterocycles. The van der Waals surface area contributed by atoms with Gasteiger partial charge in [-0.25, -0.2) is 0 Å². The highest BCUT2D eigenvalue weighted by Crippen LogP contribution is 2.43. The number of fused-ring (bicyclic) bond motifs is 6. The quantitative estimate of drug-likeness (QED) is 0.153. The third-order valence-corrected chi connectivity index (χ3v) is 12.4. The summed E-state index contributed by atoms with van der Waals surface area (Å²) in [6.45, 7) is 0. The first-order chi connectivity index (χ1) is 31.2. The van der Waals surface area contributed by atoms with Crippen LogP contribution in [0, 0.1) is 0 Å². The lowest BCUT2D eigenvalue weighted by Gasteiger charge is -2.26. The Morgan fingerprint density at radius 1 is 0.286 bits per heavy atom. The van der Waals surface area contributed by atoms with Gasteiger partial charge >= 0.3 is 0 Å². The Morgan fingerprint density at radius 2 is 0.698 bits per heavy atom. The minimum absolute atomic E-state index is 0.896. The maximum atomic E-state index is 6.81. The van der Waals surface area contributed by atoms with Crippen LogP contribution in [0.25, 0.3) is 93.9 Å². The zero-order valence-electron chi connectivity index (χ0n) is 34.4. The van der Waals surface area contributed by atoms with Gasteiger partial charge in [-0.2, -0.15) is 0 Å². The van der Waals surface area contributed by atoms with E-state index in [1.807, 2.05) is 0 Å². The van der Waals surface area contributed by atoms with Gasteiger partial charge in [0, 0.05) is 55.4 Å². The maximum Gasteiger partial charge on any atom is 0.143 e. The number of furan rings is 1. The van der Waals surface area contributed by atoms with Gasteiger partial charge < -0.3 is 13.9 Å². The number of para-hydroxylation sites is 4. The van der Waals surface area contributed by atoms with E-state index in [1.165, 1.54) is 44.1 Å². The highest BCUT2D eigenvalue weighted by atomic mass is 16.3. The molecule has 0 atom stereocenters. The lowest BCUT2D eigenvalue weighted by Crippen LogP contribution is -2.10. The fraction of sp³-hybridized carbons (Fsp3) is 0. The second-order valence-corrected chi connectivity index (χ2v) is 16.1. The normalized spacial score (nSPS) is 11.5. The maximum absolute atomic E-state index is 6.81. The van der Waals surface area contributed by atoms with Crippen molar-refractivity contribution in [2.24, 2.45) is 0 Å². The highest BCUT2D eigenvalue weighted by Gasteiger charge is 2.20. The molecule has 0 saturated heterocycles. The smallest absolute Gasteiger partial charge is 0.143 e. The molecule has 2 aromatic heterocycles. The van der Waals surface area contributed by atoms with Crippen molar-refractivity contribution in [3.63, 3.8) is 0 Å². The fourth-order valence-electron chi connectivity index (χ4n) is 9.37. The first-order valence-electron chi connectivity index (χ1n) is 21.5. The molecule has 0 bridgehead atoms. The van der Waals surface area contributed by atoms with Gasteiger partial charge in [0.1, 0.15) is 11.2 Å². The molecule has 0 unspecified atom stereocenters. The van der Waals surface area contributed by atoms with Gasteiger partial charge in [0.25, 0.3) is 0 Å². The van der Waals surface area contributed by atoms with E-state index in [1.54, 1.807) is 0 Å². The van der Waals surface area contributed by atoms with Crippen molar-refractivity contribution in [3.05, 3.63) is 243 Å². The largest absolute Gasteiger partial charge is 0.455 e. The van der Waals surface area contributed by atoms with Crippen LogP contribution in [-0.4, -0.2) is 4.57 Å². The van der Waals surface area contributed by atoms with Crippen LogP contribution in [0.1, 0.15) is 0 Å². The summed E-state index contributed by atoms with van der Waals surface area (Å²) in [5.74, 6) is 0. The van der Waals surface area contributed by atoms with E-state index in [0.717, 1.165) is 66.9 Å². The molecule has 0 N–H and O–H groups in total. The average Bonchev–Trinajstić information content (AvgIpc) is 3.91. The van der Waals surface area contributed by atoms with Gasteiger partial charge in [-0.05, 0) is 94.0 Å². The predicted molar refractivity (Wildman–Crippen MR) is 264 cm³/mol. The van der Waals surface area contributed by atoms with Crippen LogP contribution in [0.2, 0.25) is 0 Å². The number of hydrogen-bond acceptors (Lipinski definition) is 2.